The van der Waals surface area contributed by atoms with E-state index in [0.29, 0.717) is 5.92 Å². The van der Waals surface area contributed by atoms with E-state index in [-0.39, 0.29) is 0 Å². The fourth-order valence-corrected chi connectivity index (χ4v) is 8.23. The van der Waals surface area contributed by atoms with Crippen LogP contribution in [0.2, 0.25) is 0 Å². The predicted molar refractivity (Wildman–Crippen MR) is 196 cm³/mol. The maximum Gasteiger partial charge on any atom is 0.143 e. The number of fused-ring (bicyclic) bond motifs is 11. The Morgan fingerprint density at radius 2 is 1.19 bits per heavy atom. The van der Waals surface area contributed by atoms with Crippen LogP contribution in [0.5, 0.6) is 0 Å². The van der Waals surface area contributed by atoms with Gasteiger partial charge in [0.05, 0.1) is 22.9 Å². The molecular formula is C44H32N2O. The second-order valence-corrected chi connectivity index (χ2v) is 13.1. The molecule has 1 saturated carbocycles. The van der Waals surface area contributed by atoms with Crippen LogP contribution in [0.1, 0.15) is 43.6 Å². The largest absolute Gasteiger partial charge is 0.455 e. The summed E-state index contributed by atoms with van der Waals surface area (Å²) >= 11 is 0. The molecule has 7 aromatic carbocycles. The van der Waals surface area contributed by atoms with Gasteiger partial charge in [0.15, 0.2) is 0 Å². The molecule has 2 aromatic heterocycles. The molecule has 1 fully saturated rings. The van der Waals surface area contributed by atoms with Gasteiger partial charge in [-0.1, -0.05) is 128 Å². The Hall–Kier alpha value is -5.54. The first-order chi connectivity index (χ1) is 23.3. The predicted octanol–water partition coefficient (Wildman–Crippen LogP) is 12.4. The first kappa shape index (κ1) is 26.7. The van der Waals surface area contributed by atoms with Gasteiger partial charge in [-0.15, -0.1) is 0 Å². The minimum absolute atomic E-state index is 0.544. The van der Waals surface area contributed by atoms with Crippen molar-refractivity contribution in [2.24, 2.45) is 0 Å². The number of benzene rings is 7. The molecule has 9 aromatic rings. The molecule has 0 N–H and O–H groups in total. The van der Waals surface area contributed by atoms with Crippen molar-refractivity contribution >= 4 is 65.3 Å². The van der Waals surface area contributed by atoms with E-state index in [4.69, 9.17) is 14.4 Å². The van der Waals surface area contributed by atoms with E-state index in [2.05, 4.69) is 121 Å². The number of nitrogens with zero attached hydrogens (tertiary/aromatic N) is 2. The van der Waals surface area contributed by atoms with Gasteiger partial charge in [0, 0.05) is 32.7 Å². The van der Waals surface area contributed by atoms with E-state index >= 15 is 0 Å². The Bertz CT molecular complexity index is 2640. The lowest BCUT2D eigenvalue weighted by Gasteiger charge is -2.22. The third kappa shape index (κ3) is 4.12. The van der Waals surface area contributed by atoms with Crippen molar-refractivity contribution in [1.82, 2.24) is 9.97 Å². The van der Waals surface area contributed by atoms with E-state index in [1.165, 1.54) is 70.0 Å². The van der Waals surface area contributed by atoms with Gasteiger partial charge in [0.2, 0.25) is 0 Å². The molecule has 1 aliphatic carbocycles. The molecule has 0 spiro atoms. The molecule has 10 rings (SSSR count). The molecule has 0 radical (unpaired) electrons. The van der Waals surface area contributed by atoms with Crippen LogP contribution in [0.25, 0.3) is 87.7 Å². The van der Waals surface area contributed by atoms with Crippen molar-refractivity contribution in [3.05, 3.63) is 133 Å². The summed E-state index contributed by atoms with van der Waals surface area (Å²) in [6, 6.07) is 43.5. The molecule has 2 heterocycles. The number of rotatable bonds is 3. The first-order valence-electron chi connectivity index (χ1n) is 16.9. The molecular weight excluding hydrogens is 572 g/mol. The second kappa shape index (κ2) is 10.5. The number of hydrogen-bond donors (Lipinski definition) is 0. The zero-order valence-corrected chi connectivity index (χ0v) is 26.0. The highest BCUT2D eigenvalue weighted by Crippen LogP contribution is 2.45. The van der Waals surface area contributed by atoms with Crippen LogP contribution >= 0.6 is 0 Å². The highest BCUT2D eigenvalue weighted by atomic mass is 16.3. The summed E-state index contributed by atoms with van der Waals surface area (Å²) < 4.78 is 6.99. The summed E-state index contributed by atoms with van der Waals surface area (Å²) in [6.07, 6.45) is 8.31. The van der Waals surface area contributed by atoms with Crippen LogP contribution in [-0.2, 0) is 0 Å². The quantitative estimate of drug-likeness (QED) is 0.188. The van der Waals surface area contributed by atoms with Crippen molar-refractivity contribution in [2.45, 2.75) is 38.0 Å². The molecule has 0 saturated heterocycles. The second-order valence-electron chi connectivity index (χ2n) is 13.1. The molecule has 0 aliphatic heterocycles. The van der Waals surface area contributed by atoms with E-state index in [9.17, 15) is 0 Å². The summed E-state index contributed by atoms with van der Waals surface area (Å²) in [6.45, 7) is 0. The van der Waals surface area contributed by atoms with Crippen molar-refractivity contribution in [3.8, 4) is 22.4 Å². The van der Waals surface area contributed by atoms with Crippen LogP contribution in [0.15, 0.2) is 132 Å². The topological polar surface area (TPSA) is 38.9 Å². The molecule has 1 aliphatic rings. The summed E-state index contributed by atoms with van der Waals surface area (Å²) in [5, 5.41) is 9.65. The number of furan rings is 1. The van der Waals surface area contributed by atoms with Gasteiger partial charge in [0.1, 0.15) is 11.2 Å². The first-order valence-corrected chi connectivity index (χ1v) is 16.9. The Morgan fingerprint density at radius 3 is 2.00 bits per heavy atom. The van der Waals surface area contributed by atoms with E-state index in [1.807, 2.05) is 6.20 Å². The summed E-state index contributed by atoms with van der Waals surface area (Å²) in [5.41, 5.74) is 9.38. The zero-order valence-electron chi connectivity index (χ0n) is 26.0. The normalized spacial score (nSPS) is 14.3. The van der Waals surface area contributed by atoms with Gasteiger partial charge in [-0.2, -0.15) is 0 Å². The van der Waals surface area contributed by atoms with Gasteiger partial charge >= 0.3 is 0 Å². The SMILES string of the molecule is c1cc(-c2cnc3c4ccccc4c4ccccc4c3n2)cc(-c2cccc3c2oc2c(C4CCCCC4)cc4ccccc4c23)c1. The smallest absolute Gasteiger partial charge is 0.143 e. The van der Waals surface area contributed by atoms with Crippen LogP contribution in [0.4, 0.5) is 0 Å². The van der Waals surface area contributed by atoms with Gasteiger partial charge in [-0.05, 0) is 63.6 Å². The number of hydrogen-bond acceptors (Lipinski definition) is 3. The molecule has 3 heteroatoms. The van der Waals surface area contributed by atoms with Gasteiger partial charge in [-0.3, -0.25) is 4.98 Å². The Labute approximate surface area is 272 Å². The summed E-state index contributed by atoms with van der Waals surface area (Å²) in [5.74, 6) is 0.544. The fraction of sp³-hybridized carbons (Fsp3) is 0.136. The molecule has 0 bridgehead atoms. The average molecular weight is 605 g/mol. The third-order valence-electron chi connectivity index (χ3n) is 10.5. The molecule has 0 unspecified atom stereocenters. The van der Waals surface area contributed by atoms with Crippen molar-refractivity contribution in [2.75, 3.05) is 0 Å². The minimum Gasteiger partial charge on any atom is -0.455 e. The van der Waals surface area contributed by atoms with Gasteiger partial charge in [0.25, 0.3) is 0 Å². The van der Waals surface area contributed by atoms with Crippen molar-refractivity contribution in [3.63, 3.8) is 0 Å². The Balaban J connectivity index is 1.17. The Morgan fingerprint density at radius 1 is 0.532 bits per heavy atom. The van der Waals surface area contributed by atoms with Crippen molar-refractivity contribution in [1.29, 1.82) is 0 Å². The number of aromatic nitrogens is 2. The highest BCUT2D eigenvalue weighted by Gasteiger charge is 2.24. The molecule has 3 nitrogen and oxygen atoms in total. The lowest BCUT2D eigenvalue weighted by Crippen LogP contribution is -2.04. The summed E-state index contributed by atoms with van der Waals surface area (Å²) in [7, 11) is 0. The molecule has 0 amide bonds. The maximum absolute atomic E-state index is 6.99. The molecule has 0 atom stereocenters. The van der Waals surface area contributed by atoms with Crippen LogP contribution in [-0.4, -0.2) is 9.97 Å². The average Bonchev–Trinajstić information content (AvgIpc) is 3.55. The third-order valence-corrected chi connectivity index (χ3v) is 10.5. The van der Waals surface area contributed by atoms with Crippen LogP contribution in [0.3, 0.4) is 0 Å². The maximum atomic E-state index is 6.99. The van der Waals surface area contributed by atoms with Crippen LogP contribution < -0.4 is 0 Å². The lowest BCUT2D eigenvalue weighted by molar-refractivity contribution is 0.442. The van der Waals surface area contributed by atoms with Gasteiger partial charge < -0.3 is 4.42 Å². The summed E-state index contributed by atoms with van der Waals surface area (Å²) in [4.78, 5) is 10.3. The highest BCUT2D eigenvalue weighted by molar-refractivity contribution is 6.23. The van der Waals surface area contributed by atoms with Crippen molar-refractivity contribution < 1.29 is 4.42 Å². The Kier molecular flexibility index (Phi) is 5.95. The molecule has 47 heavy (non-hydrogen) atoms. The number of para-hydroxylation sites is 1. The van der Waals surface area contributed by atoms with Gasteiger partial charge in [-0.25, -0.2) is 4.98 Å². The monoisotopic (exact) mass is 604 g/mol. The standard InChI is InChI=1S/C44H32N2O/c1-2-12-27(13-3-1)38-25-29-14-4-5-17-31(29)40-37-23-11-22-32(43(37)47-44(38)40)28-15-10-16-30(24-28)39-26-45-41-35-20-8-6-18-33(35)34-19-7-9-21-36(34)42(41)46-39/h4-11,14-27H,1-3,12-13H2. The minimum atomic E-state index is 0.544. The van der Waals surface area contributed by atoms with E-state index in [1.54, 1.807) is 0 Å². The zero-order chi connectivity index (χ0) is 30.9. The van der Waals surface area contributed by atoms with Crippen LogP contribution in [0, 0.1) is 0 Å². The van der Waals surface area contributed by atoms with E-state index in [0.717, 1.165) is 55.4 Å². The fourth-order valence-electron chi connectivity index (χ4n) is 8.23. The van der Waals surface area contributed by atoms with E-state index < -0.39 is 0 Å². The lowest BCUT2D eigenvalue weighted by atomic mass is 9.82. The molecule has 224 valence electrons.